The quantitative estimate of drug-likeness (QED) is 0.179. The van der Waals surface area contributed by atoms with Crippen LogP contribution < -0.4 is 21.3 Å². The number of amides is 4. The highest BCUT2D eigenvalue weighted by molar-refractivity contribution is 6.00. The van der Waals surface area contributed by atoms with E-state index < -0.39 is 23.9 Å². The molecule has 0 saturated heterocycles. The summed E-state index contributed by atoms with van der Waals surface area (Å²) in [6.07, 6.45) is 3.90. The number of hydrogen-bond donors (Lipinski definition) is 4. The highest BCUT2D eigenvalue weighted by Gasteiger charge is 2.29. The van der Waals surface area contributed by atoms with E-state index in [4.69, 9.17) is 0 Å². The Bertz CT molecular complexity index is 2110. The summed E-state index contributed by atoms with van der Waals surface area (Å²) >= 11 is 0. The van der Waals surface area contributed by atoms with Crippen molar-refractivity contribution in [1.82, 2.24) is 59.7 Å². The van der Waals surface area contributed by atoms with Crippen molar-refractivity contribution < 1.29 is 19.2 Å². The molecule has 0 spiro atoms. The third-order valence-corrected chi connectivity index (χ3v) is 8.66. The van der Waals surface area contributed by atoms with Crippen LogP contribution in [0.5, 0.6) is 0 Å². The second kappa shape index (κ2) is 15.7. The number of benzene rings is 2. The monoisotopic (exact) mass is 730 g/mol. The normalized spacial score (nSPS) is 16.3. The van der Waals surface area contributed by atoms with Gasteiger partial charge in [0.25, 0.3) is 11.8 Å². The maximum absolute atomic E-state index is 12.4. The number of hydrogen-bond acceptors (Lipinski definition) is 10. The predicted molar refractivity (Wildman–Crippen MR) is 194 cm³/mol. The van der Waals surface area contributed by atoms with Gasteiger partial charge in [0, 0.05) is 25.2 Å². The average molecular weight is 731 g/mol. The molecule has 6 aromatic rings. The molecular weight excluding hydrogens is 692 g/mol. The topological polar surface area (TPSA) is 213 Å². The predicted octanol–water partition coefficient (Wildman–Crippen LogP) is 1.94. The molecule has 54 heavy (non-hydrogen) atoms. The van der Waals surface area contributed by atoms with E-state index in [1.807, 2.05) is 74.5 Å². The minimum Gasteiger partial charge on any atom is -0.337 e. The number of aryl methyl sites for hydroxylation is 4. The summed E-state index contributed by atoms with van der Waals surface area (Å²) < 4.78 is 6.64. The van der Waals surface area contributed by atoms with Gasteiger partial charge in [-0.3, -0.25) is 19.2 Å². The molecule has 2 aliphatic heterocycles. The van der Waals surface area contributed by atoms with Crippen LogP contribution in [0.2, 0.25) is 0 Å². The third-order valence-electron chi connectivity index (χ3n) is 8.66. The van der Waals surface area contributed by atoms with Gasteiger partial charge in [-0.2, -0.15) is 10.2 Å². The van der Waals surface area contributed by atoms with Gasteiger partial charge in [-0.15, -0.1) is 10.2 Å². The maximum atomic E-state index is 12.4. The Morgan fingerprint density at radius 2 is 1.06 bits per heavy atom. The molecule has 2 aromatic carbocycles. The van der Waals surface area contributed by atoms with Crippen LogP contribution in [0.25, 0.3) is 0 Å². The number of nitrogens with one attached hydrogen (secondary N) is 4. The van der Waals surface area contributed by atoms with Gasteiger partial charge < -0.3 is 21.3 Å². The van der Waals surface area contributed by atoms with E-state index in [-0.39, 0.29) is 23.5 Å². The molecule has 4 aromatic heterocycles. The van der Waals surface area contributed by atoms with Crippen LogP contribution in [0.15, 0.2) is 85.5 Å². The number of fused-ring (bicyclic) bond motifs is 2. The standard InChI is InChI=1S/2C18H19N7O2/c2*1-12-9-15-21-17(26)14(7-8-25(15)22-12)20-18(27)16-19-11-24(23-16)10-13-5-3-2-4-6-13/h2*2-6,9,11,14H,7-8,10H2,1H3,(H,20,27)(H,21,26)/t2*14-/m10/s1. The van der Waals surface area contributed by atoms with Crippen molar-refractivity contribution >= 4 is 35.3 Å². The molecule has 0 saturated carbocycles. The Labute approximate surface area is 309 Å². The first-order valence-corrected chi connectivity index (χ1v) is 17.4. The average Bonchev–Trinajstić information content (AvgIpc) is 3.94. The van der Waals surface area contributed by atoms with Gasteiger partial charge >= 0.3 is 0 Å². The van der Waals surface area contributed by atoms with Crippen LogP contribution >= 0.6 is 0 Å². The lowest BCUT2D eigenvalue weighted by atomic mass is 10.2. The number of rotatable bonds is 8. The number of anilines is 2. The van der Waals surface area contributed by atoms with Crippen molar-refractivity contribution in [1.29, 1.82) is 0 Å². The summed E-state index contributed by atoms with van der Waals surface area (Å²) in [5.41, 5.74) is 3.78. The van der Waals surface area contributed by atoms with Crippen molar-refractivity contribution in [2.24, 2.45) is 0 Å². The molecule has 0 unspecified atom stereocenters. The lowest BCUT2D eigenvalue weighted by molar-refractivity contribution is -0.118. The zero-order valence-electron chi connectivity index (χ0n) is 29.6. The van der Waals surface area contributed by atoms with Crippen LogP contribution in [-0.4, -0.2) is 84.8 Å². The molecule has 18 heteroatoms. The van der Waals surface area contributed by atoms with E-state index in [2.05, 4.69) is 51.6 Å². The SMILES string of the molecule is Cc1cc2n(n1)CC[C@@H](NC(=O)c1ncn(Cc3ccccc3)n1)C(=O)N2.Cc1cc2n(n1)CC[C@H](NC(=O)c1ncn(Cc3ccccc3)n1)C(=O)N2. The number of aromatic nitrogens is 10. The van der Waals surface area contributed by atoms with E-state index in [0.29, 0.717) is 50.7 Å². The van der Waals surface area contributed by atoms with Crippen molar-refractivity contribution in [3.63, 3.8) is 0 Å². The second-order valence-electron chi connectivity index (χ2n) is 12.9. The minimum absolute atomic E-state index is 0.0385. The van der Waals surface area contributed by atoms with Gasteiger partial charge in [0.05, 0.1) is 24.5 Å². The van der Waals surface area contributed by atoms with Gasteiger partial charge in [0.2, 0.25) is 23.5 Å². The largest absolute Gasteiger partial charge is 0.337 e. The molecule has 18 nitrogen and oxygen atoms in total. The molecule has 0 radical (unpaired) electrons. The van der Waals surface area contributed by atoms with E-state index in [1.165, 1.54) is 12.7 Å². The van der Waals surface area contributed by atoms with E-state index in [9.17, 15) is 19.2 Å². The Balaban J connectivity index is 0.000000167. The zero-order valence-corrected chi connectivity index (χ0v) is 29.6. The Morgan fingerprint density at radius 1 is 0.648 bits per heavy atom. The fraction of sp³-hybridized carbons (Fsp3) is 0.278. The van der Waals surface area contributed by atoms with Gasteiger partial charge in [-0.1, -0.05) is 60.7 Å². The summed E-state index contributed by atoms with van der Waals surface area (Å²) in [4.78, 5) is 57.8. The number of nitrogens with zero attached hydrogens (tertiary/aromatic N) is 10. The van der Waals surface area contributed by atoms with Gasteiger partial charge in [-0.25, -0.2) is 28.7 Å². The highest BCUT2D eigenvalue weighted by Crippen LogP contribution is 2.17. The molecule has 2 atom stereocenters. The zero-order chi connectivity index (χ0) is 37.6. The molecule has 8 rings (SSSR count). The van der Waals surface area contributed by atoms with Crippen LogP contribution in [0, 0.1) is 13.8 Å². The van der Waals surface area contributed by atoms with Gasteiger partial charge in [0.15, 0.2) is 0 Å². The maximum Gasteiger partial charge on any atom is 0.291 e. The molecule has 0 bridgehead atoms. The van der Waals surface area contributed by atoms with Crippen LogP contribution in [0.3, 0.4) is 0 Å². The van der Waals surface area contributed by atoms with Crippen LogP contribution in [-0.2, 0) is 35.8 Å². The number of carbonyl (C=O) groups excluding carboxylic acids is 4. The van der Waals surface area contributed by atoms with E-state index in [1.54, 1.807) is 30.9 Å². The smallest absolute Gasteiger partial charge is 0.291 e. The first-order valence-electron chi connectivity index (χ1n) is 17.4. The summed E-state index contributed by atoms with van der Waals surface area (Å²) in [6.45, 7) is 5.83. The first kappa shape index (κ1) is 35.4. The summed E-state index contributed by atoms with van der Waals surface area (Å²) in [5, 5.41) is 28.1. The van der Waals surface area contributed by atoms with Crippen molar-refractivity contribution in [2.45, 2.75) is 65.0 Å². The molecule has 276 valence electrons. The molecule has 4 N–H and O–H groups in total. The Morgan fingerprint density at radius 3 is 1.46 bits per heavy atom. The molecule has 6 heterocycles. The van der Waals surface area contributed by atoms with Crippen molar-refractivity contribution in [2.75, 3.05) is 10.6 Å². The second-order valence-corrected chi connectivity index (χ2v) is 12.9. The molecule has 0 fully saturated rings. The molecular formula is C36H38N14O4. The fourth-order valence-electron chi connectivity index (χ4n) is 6.04. The fourth-order valence-corrected chi connectivity index (χ4v) is 6.04. The van der Waals surface area contributed by atoms with Crippen molar-refractivity contribution in [3.05, 3.63) is 120 Å². The molecule has 2 aliphatic rings. The number of carbonyl (C=O) groups is 4. The lowest BCUT2D eigenvalue weighted by Gasteiger charge is -2.13. The Kier molecular flexibility index (Phi) is 10.3. The lowest BCUT2D eigenvalue weighted by Crippen LogP contribution is -2.43. The third kappa shape index (κ3) is 8.55. The van der Waals surface area contributed by atoms with Gasteiger partial charge in [-0.05, 0) is 37.8 Å². The van der Waals surface area contributed by atoms with E-state index >= 15 is 0 Å². The molecule has 0 aliphatic carbocycles. The highest BCUT2D eigenvalue weighted by atomic mass is 16.2. The van der Waals surface area contributed by atoms with E-state index in [0.717, 1.165) is 22.5 Å². The summed E-state index contributed by atoms with van der Waals surface area (Å²) in [5.74, 6) is -0.140. The van der Waals surface area contributed by atoms with Crippen LogP contribution in [0.1, 0.15) is 56.6 Å². The Hall–Kier alpha value is -6.98. The minimum atomic E-state index is -0.666. The van der Waals surface area contributed by atoms with Crippen LogP contribution in [0.4, 0.5) is 11.6 Å². The summed E-state index contributed by atoms with van der Waals surface area (Å²) in [7, 11) is 0. The van der Waals surface area contributed by atoms with Crippen molar-refractivity contribution in [3.8, 4) is 0 Å². The first-order chi connectivity index (χ1) is 26.2. The summed E-state index contributed by atoms with van der Waals surface area (Å²) in [6, 6.07) is 21.8. The van der Waals surface area contributed by atoms with Gasteiger partial charge in [0.1, 0.15) is 36.4 Å². The molecule has 4 amide bonds.